The largest absolute Gasteiger partial charge is 0.372 e. The third-order valence-corrected chi connectivity index (χ3v) is 5.67. The Balaban J connectivity index is 1.39. The van der Waals surface area contributed by atoms with Gasteiger partial charge in [0.2, 0.25) is 5.91 Å². The molecule has 1 N–H and O–H groups in total. The van der Waals surface area contributed by atoms with E-state index in [0.29, 0.717) is 18.7 Å². The predicted molar refractivity (Wildman–Crippen MR) is 115 cm³/mol. The molecule has 2 fully saturated rings. The van der Waals surface area contributed by atoms with Gasteiger partial charge in [-0.2, -0.15) is 0 Å². The summed E-state index contributed by atoms with van der Waals surface area (Å²) in [5.41, 5.74) is 3.41. The summed E-state index contributed by atoms with van der Waals surface area (Å²) in [5.74, 6) is -0.0673. The molecule has 2 aliphatic heterocycles. The summed E-state index contributed by atoms with van der Waals surface area (Å²) in [4.78, 5) is 34.8. The SMILES string of the molecule is CC(=O)N1CCN(c2cncc(C(=O)Nc3ccc(N4CCCC4)cc3)c2)CC1. The fourth-order valence-corrected chi connectivity index (χ4v) is 3.94. The monoisotopic (exact) mass is 393 g/mol. The van der Waals surface area contributed by atoms with Gasteiger partial charge in [0.15, 0.2) is 0 Å². The maximum atomic E-state index is 12.7. The number of amides is 2. The number of carbonyl (C=O) groups excluding carboxylic acids is 2. The number of rotatable bonds is 4. The van der Waals surface area contributed by atoms with Crippen molar-refractivity contribution < 1.29 is 9.59 Å². The number of piperazine rings is 1. The Hall–Kier alpha value is -3.09. The van der Waals surface area contributed by atoms with Crippen LogP contribution >= 0.6 is 0 Å². The highest BCUT2D eigenvalue weighted by Crippen LogP contribution is 2.23. The molecule has 2 aromatic rings. The number of anilines is 3. The van der Waals surface area contributed by atoms with Crippen LogP contribution in [0.15, 0.2) is 42.7 Å². The fraction of sp³-hybridized carbons (Fsp3) is 0.409. The first kappa shape index (κ1) is 19.2. The molecule has 2 amide bonds. The van der Waals surface area contributed by atoms with Gasteiger partial charge >= 0.3 is 0 Å². The van der Waals surface area contributed by atoms with Crippen LogP contribution in [0.4, 0.5) is 17.1 Å². The average Bonchev–Trinajstić information content (AvgIpc) is 3.29. The molecule has 29 heavy (non-hydrogen) atoms. The molecule has 1 aromatic heterocycles. The van der Waals surface area contributed by atoms with Gasteiger partial charge in [0.05, 0.1) is 17.4 Å². The molecule has 7 heteroatoms. The van der Waals surface area contributed by atoms with Crippen LogP contribution in [-0.2, 0) is 4.79 Å². The zero-order valence-electron chi connectivity index (χ0n) is 16.8. The summed E-state index contributed by atoms with van der Waals surface area (Å²) in [6.07, 6.45) is 5.84. The Labute approximate surface area is 171 Å². The second kappa shape index (κ2) is 8.51. The highest BCUT2D eigenvalue weighted by molar-refractivity contribution is 6.04. The lowest BCUT2D eigenvalue weighted by Crippen LogP contribution is -2.48. The average molecular weight is 393 g/mol. The number of nitrogens with zero attached hydrogens (tertiary/aromatic N) is 4. The van der Waals surface area contributed by atoms with Crippen molar-refractivity contribution in [3.63, 3.8) is 0 Å². The molecule has 0 atom stereocenters. The van der Waals surface area contributed by atoms with E-state index in [1.54, 1.807) is 19.3 Å². The standard InChI is InChI=1S/C22H27N5O2/c1-17(28)25-10-12-27(13-11-25)21-14-18(15-23-16-21)22(29)24-19-4-6-20(7-5-19)26-8-2-3-9-26/h4-7,14-16H,2-3,8-13H2,1H3,(H,24,29). The Morgan fingerprint density at radius 2 is 1.52 bits per heavy atom. The van der Waals surface area contributed by atoms with E-state index < -0.39 is 0 Å². The molecule has 0 spiro atoms. The predicted octanol–water partition coefficient (Wildman–Crippen LogP) is 2.60. The number of carbonyl (C=O) groups is 2. The topological polar surface area (TPSA) is 68.8 Å². The molecular formula is C22H27N5O2. The van der Waals surface area contributed by atoms with Gasteiger partial charge in [0.1, 0.15) is 0 Å². The van der Waals surface area contributed by atoms with Crippen molar-refractivity contribution >= 4 is 28.9 Å². The van der Waals surface area contributed by atoms with Gasteiger partial charge in [0.25, 0.3) is 5.91 Å². The number of pyridine rings is 1. The minimum Gasteiger partial charge on any atom is -0.372 e. The van der Waals surface area contributed by atoms with Gasteiger partial charge < -0.3 is 20.0 Å². The summed E-state index contributed by atoms with van der Waals surface area (Å²) in [6, 6.07) is 9.88. The van der Waals surface area contributed by atoms with Crippen LogP contribution in [0.3, 0.4) is 0 Å². The summed E-state index contributed by atoms with van der Waals surface area (Å²) >= 11 is 0. The minimum absolute atomic E-state index is 0.103. The molecule has 2 aliphatic rings. The minimum atomic E-state index is -0.171. The van der Waals surface area contributed by atoms with Crippen LogP contribution < -0.4 is 15.1 Å². The molecule has 0 aliphatic carbocycles. The lowest BCUT2D eigenvalue weighted by atomic mass is 10.2. The van der Waals surface area contributed by atoms with Crippen LogP contribution in [0.1, 0.15) is 30.1 Å². The molecular weight excluding hydrogens is 366 g/mol. The van der Waals surface area contributed by atoms with Crippen molar-refractivity contribution in [2.24, 2.45) is 0 Å². The lowest BCUT2D eigenvalue weighted by molar-refractivity contribution is -0.129. The highest BCUT2D eigenvalue weighted by atomic mass is 16.2. The molecule has 152 valence electrons. The van der Waals surface area contributed by atoms with Crippen LogP contribution in [0, 0.1) is 0 Å². The van der Waals surface area contributed by atoms with E-state index in [0.717, 1.165) is 37.6 Å². The second-order valence-corrected chi connectivity index (χ2v) is 7.62. The van der Waals surface area contributed by atoms with Crippen molar-refractivity contribution in [2.75, 3.05) is 54.4 Å². The molecule has 7 nitrogen and oxygen atoms in total. The molecule has 0 unspecified atom stereocenters. The molecule has 4 rings (SSSR count). The lowest BCUT2D eigenvalue weighted by Gasteiger charge is -2.35. The van der Waals surface area contributed by atoms with Crippen LogP contribution in [0.2, 0.25) is 0 Å². The van der Waals surface area contributed by atoms with Crippen molar-refractivity contribution in [1.29, 1.82) is 0 Å². The van der Waals surface area contributed by atoms with E-state index in [1.807, 2.05) is 23.1 Å². The number of hydrogen-bond donors (Lipinski definition) is 1. The van der Waals surface area contributed by atoms with E-state index in [-0.39, 0.29) is 11.8 Å². The Morgan fingerprint density at radius 3 is 2.17 bits per heavy atom. The van der Waals surface area contributed by atoms with Crippen molar-refractivity contribution in [3.8, 4) is 0 Å². The van der Waals surface area contributed by atoms with Crippen LogP contribution in [-0.4, -0.2) is 61.0 Å². The summed E-state index contributed by atoms with van der Waals surface area (Å²) < 4.78 is 0. The summed E-state index contributed by atoms with van der Waals surface area (Å²) in [7, 11) is 0. The summed E-state index contributed by atoms with van der Waals surface area (Å²) in [6.45, 7) is 6.66. The maximum absolute atomic E-state index is 12.7. The zero-order chi connectivity index (χ0) is 20.2. The first-order valence-electron chi connectivity index (χ1n) is 10.2. The Kier molecular flexibility index (Phi) is 5.64. The first-order chi connectivity index (χ1) is 14.1. The quantitative estimate of drug-likeness (QED) is 0.865. The first-order valence-corrected chi connectivity index (χ1v) is 10.2. The van der Waals surface area contributed by atoms with E-state index in [4.69, 9.17) is 0 Å². The highest BCUT2D eigenvalue weighted by Gasteiger charge is 2.20. The Bertz CT molecular complexity index is 869. The van der Waals surface area contributed by atoms with Gasteiger partial charge in [-0.1, -0.05) is 0 Å². The summed E-state index contributed by atoms with van der Waals surface area (Å²) in [5, 5.41) is 2.96. The van der Waals surface area contributed by atoms with Gasteiger partial charge in [-0.15, -0.1) is 0 Å². The van der Waals surface area contributed by atoms with E-state index >= 15 is 0 Å². The molecule has 0 saturated carbocycles. The third kappa shape index (κ3) is 4.50. The van der Waals surface area contributed by atoms with Crippen molar-refractivity contribution in [3.05, 3.63) is 48.3 Å². The van der Waals surface area contributed by atoms with E-state index in [2.05, 4.69) is 32.2 Å². The van der Waals surface area contributed by atoms with E-state index in [9.17, 15) is 9.59 Å². The number of nitrogens with one attached hydrogen (secondary N) is 1. The van der Waals surface area contributed by atoms with Crippen molar-refractivity contribution in [2.45, 2.75) is 19.8 Å². The van der Waals surface area contributed by atoms with Gasteiger partial charge in [-0.3, -0.25) is 14.6 Å². The van der Waals surface area contributed by atoms with E-state index in [1.165, 1.54) is 18.5 Å². The Morgan fingerprint density at radius 1 is 0.862 bits per heavy atom. The maximum Gasteiger partial charge on any atom is 0.257 e. The number of aromatic nitrogens is 1. The molecule has 0 bridgehead atoms. The van der Waals surface area contributed by atoms with Crippen molar-refractivity contribution in [1.82, 2.24) is 9.88 Å². The molecule has 0 radical (unpaired) electrons. The second-order valence-electron chi connectivity index (χ2n) is 7.62. The number of hydrogen-bond acceptors (Lipinski definition) is 5. The van der Waals surface area contributed by atoms with Gasteiger partial charge in [-0.25, -0.2) is 0 Å². The third-order valence-electron chi connectivity index (χ3n) is 5.67. The normalized spacial score (nSPS) is 16.8. The van der Waals surface area contributed by atoms with Crippen LogP contribution in [0.25, 0.3) is 0 Å². The van der Waals surface area contributed by atoms with Gasteiger partial charge in [-0.05, 0) is 43.2 Å². The number of benzene rings is 1. The smallest absolute Gasteiger partial charge is 0.257 e. The molecule has 3 heterocycles. The van der Waals surface area contributed by atoms with Gasteiger partial charge in [0, 0.05) is 63.8 Å². The fourth-order valence-electron chi connectivity index (χ4n) is 3.94. The zero-order valence-corrected chi connectivity index (χ0v) is 16.8. The molecule has 1 aromatic carbocycles. The molecule has 2 saturated heterocycles. The van der Waals surface area contributed by atoms with Crippen LogP contribution in [0.5, 0.6) is 0 Å².